The Bertz CT molecular complexity index is 1040. The zero-order chi connectivity index (χ0) is 22.8. The molecule has 1 fully saturated rings. The molecule has 2 aromatic rings. The van der Waals surface area contributed by atoms with Gasteiger partial charge in [0.25, 0.3) is 11.8 Å². The van der Waals surface area contributed by atoms with Crippen molar-refractivity contribution in [3.63, 3.8) is 0 Å². The van der Waals surface area contributed by atoms with Crippen molar-refractivity contribution < 1.29 is 19.1 Å². The summed E-state index contributed by atoms with van der Waals surface area (Å²) in [5, 5.41) is 7.33. The fraction of sp³-hybridized carbons (Fsp3) is 0.500. The van der Waals surface area contributed by atoms with Gasteiger partial charge < -0.3 is 10.1 Å². The van der Waals surface area contributed by atoms with Gasteiger partial charge in [0.05, 0.1) is 11.4 Å². The Morgan fingerprint density at radius 1 is 1.16 bits per heavy atom. The van der Waals surface area contributed by atoms with Crippen LogP contribution < -0.4 is 15.0 Å². The van der Waals surface area contributed by atoms with Crippen LogP contribution >= 0.6 is 0 Å². The molecule has 0 saturated heterocycles. The first-order valence-electron chi connectivity index (χ1n) is 11.4. The van der Waals surface area contributed by atoms with Crippen LogP contribution in [0.5, 0.6) is 5.75 Å². The SMILES string of the molecule is CCC1Oc2ccc(C(=O)n3nc(C)cc3C)cc2N(CC(=O)NC2CCCCC2)C1=O. The monoisotopic (exact) mass is 438 g/mol. The standard InChI is InChI=1S/C24H30N4O4/c1-4-20-24(31)27(14-22(29)25-18-8-6-5-7-9-18)19-13-17(10-11-21(19)32-20)23(30)28-16(3)12-15(2)26-28/h10-13,18,20H,4-9,14H2,1-3H3,(H,25,29). The quantitative estimate of drug-likeness (QED) is 0.774. The Kier molecular flexibility index (Phi) is 6.30. The number of nitrogens with zero attached hydrogens (tertiary/aromatic N) is 3. The van der Waals surface area contributed by atoms with E-state index in [1.807, 2.05) is 26.8 Å². The van der Waals surface area contributed by atoms with E-state index in [4.69, 9.17) is 4.74 Å². The van der Waals surface area contributed by atoms with Crippen molar-refractivity contribution in [3.8, 4) is 5.75 Å². The molecule has 2 amide bonds. The molecule has 4 rings (SSSR count). The van der Waals surface area contributed by atoms with Crippen molar-refractivity contribution in [1.82, 2.24) is 15.1 Å². The second-order valence-electron chi connectivity index (χ2n) is 8.67. The first-order chi connectivity index (χ1) is 15.4. The molecule has 170 valence electrons. The number of benzene rings is 1. The normalized spacial score (nSPS) is 18.8. The number of carbonyl (C=O) groups is 3. The van der Waals surface area contributed by atoms with Gasteiger partial charge in [-0.05, 0) is 57.4 Å². The number of ether oxygens (including phenoxy) is 1. The highest BCUT2D eigenvalue weighted by molar-refractivity contribution is 6.05. The van der Waals surface area contributed by atoms with Crippen molar-refractivity contribution in [2.24, 2.45) is 0 Å². The van der Waals surface area contributed by atoms with Crippen molar-refractivity contribution >= 4 is 23.4 Å². The molecule has 1 saturated carbocycles. The van der Waals surface area contributed by atoms with E-state index in [2.05, 4.69) is 10.4 Å². The molecule has 8 heteroatoms. The molecular weight excluding hydrogens is 408 g/mol. The van der Waals surface area contributed by atoms with Gasteiger partial charge in [-0.25, -0.2) is 4.68 Å². The summed E-state index contributed by atoms with van der Waals surface area (Å²) >= 11 is 0. The number of rotatable bonds is 5. The zero-order valence-corrected chi connectivity index (χ0v) is 18.9. The number of nitrogens with one attached hydrogen (secondary N) is 1. The van der Waals surface area contributed by atoms with Crippen LogP contribution in [0, 0.1) is 13.8 Å². The van der Waals surface area contributed by atoms with Gasteiger partial charge in [0.1, 0.15) is 12.3 Å². The molecule has 1 N–H and O–H groups in total. The van der Waals surface area contributed by atoms with Gasteiger partial charge in [-0.3, -0.25) is 19.3 Å². The van der Waals surface area contributed by atoms with E-state index in [9.17, 15) is 14.4 Å². The molecule has 1 unspecified atom stereocenters. The van der Waals surface area contributed by atoms with Crippen LogP contribution in [0.15, 0.2) is 24.3 Å². The summed E-state index contributed by atoms with van der Waals surface area (Å²) in [5.41, 5.74) is 2.29. The number of hydrogen-bond donors (Lipinski definition) is 1. The lowest BCUT2D eigenvalue weighted by Gasteiger charge is -2.34. The van der Waals surface area contributed by atoms with E-state index in [0.29, 0.717) is 23.4 Å². The fourth-order valence-corrected chi connectivity index (χ4v) is 4.50. The minimum atomic E-state index is -0.650. The summed E-state index contributed by atoms with van der Waals surface area (Å²) in [6.07, 6.45) is 5.20. The van der Waals surface area contributed by atoms with Crippen LogP contribution in [-0.2, 0) is 9.59 Å². The predicted molar refractivity (Wildman–Crippen MR) is 120 cm³/mol. The summed E-state index contributed by atoms with van der Waals surface area (Å²) in [5.74, 6) is -0.264. The third-order valence-corrected chi connectivity index (χ3v) is 6.15. The van der Waals surface area contributed by atoms with E-state index < -0.39 is 6.10 Å². The van der Waals surface area contributed by atoms with E-state index in [0.717, 1.165) is 37.1 Å². The van der Waals surface area contributed by atoms with Crippen molar-refractivity contribution in [2.75, 3.05) is 11.4 Å². The lowest BCUT2D eigenvalue weighted by atomic mass is 9.95. The molecule has 2 aliphatic rings. The maximum Gasteiger partial charge on any atom is 0.278 e. The van der Waals surface area contributed by atoms with Gasteiger partial charge in [-0.1, -0.05) is 26.2 Å². The number of hydrogen-bond acceptors (Lipinski definition) is 5. The molecule has 0 spiro atoms. The van der Waals surface area contributed by atoms with E-state index >= 15 is 0 Å². The van der Waals surface area contributed by atoms with Crippen molar-refractivity contribution in [3.05, 3.63) is 41.2 Å². The van der Waals surface area contributed by atoms with Crippen LogP contribution in [0.25, 0.3) is 0 Å². The molecule has 8 nitrogen and oxygen atoms in total. The van der Waals surface area contributed by atoms with Gasteiger partial charge in [0.2, 0.25) is 5.91 Å². The number of carbonyl (C=O) groups excluding carboxylic acids is 3. The summed E-state index contributed by atoms with van der Waals surface area (Å²) in [4.78, 5) is 40.3. The van der Waals surface area contributed by atoms with Crippen LogP contribution in [-0.4, -0.2) is 46.2 Å². The van der Waals surface area contributed by atoms with Crippen LogP contribution in [0.2, 0.25) is 0 Å². The molecular formula is C24H30N4O4. The summed E-state index contributed by atoms with van der Waals surface area (Å²) in [7, 11) is 0. The zero-order valence-electron chi connectivity index (χ0n) is 18.9. The van der Waals surface area contributed by atoms with Crippen molar-refractivity contribution in [1.29, 1.82) is 0 Å². The predicted octanol–water partition coefficient (Wildman–Crippen LogP) is 3.14. The molecule has 1 aliphatic carbocycles. The molecule has 1 atom stereocenters. The molecule has 1 aromatic heterocycles. The average Bonchev–Trinajstić information content (AvgIpc) is 3.13. The lowest BCUT2D eigenvalue weighted by molar-refractivity contribution is -0.129. The maximum absolute atomic E-state index is 13.1. The number of anilines is 1. The summed E-state index contributed by atoms with van der Waals surface area (Å²) in [6.45, 7) is 5.42. The highest BCUT2D eigenvalue weighted by Gasteiger charge is 2.35. The van der Waals surface area contributed by atoms with Gasteiger partial charge in [0.15, 0.2) is 6.10 Å². The topological polar surface area (TPSA) is 93.5 Å². The number of amides is 2. The van der Waals surface area contributed by atoms with E-state index in [1.165, 1.54) is 16.0 Å². The average molecular weight is 439 g/mol. The summed E-state index contributed by atoms with van der Waals surface area (Å²) < 4.78 is 7.21. The third-order valence-electron chi connectivity index (χ3n) is 6.15. The highest BCUT2D eigenvalue weighted by Crippen LogP contribution is 2.36. The molecule has 0 radical (unpaired) electrons. The highest BCUT2D eigenvalue weighted by atomic mass is 16.5. The second-order valence-corrected chi connectivity index (χ2v) is 8.67. The minimum absolute atomic E-state index is 0.0975. The Hall–Kier alpha value is -3.16. The number of aryl methyl sites for hydroxylation is 2. The smallest absolute Gasteiger partial charge is 0.278 e. The Labute approximate surface area is 187 Å². The van der Waals surface area contributed by atoms with Crippen LogP contribution in [0.3, 0.4) is 0 Å². The number of aromatic nitrogens is 2. The second kappa shape index (κ2) is 9.14. The summed E-state index contributed by atoms with van der Waals surface area (Å²) in [6, 6.07) is 6.96. The van der Waals surface area contributed by atoms with Crippen molar-refractivity contribution in [2.45, 2.75) is 71.4 Å². The lowest BCUT2D eigenvalue weighted by Crippen LogP contribution is -2.51. The van der Waals surface area contributed by atoms with Crippen LogP contribution in [0.1, 0.15) is 67.2 Å². The first kappa shape index (κ1) is 22.0. The third kappa shape index (κ3) is 4.40. The molecule has 1 aliphatic heterocycles. The maximum atomic E-state index is 13.1. The first-order valence-corrected chi connectivity index (χ1v) is 11.4. The Morgan fingerprint density at radius 3 is 2.56 bits per heavy atom. The Balaban J connectivity index is 1.61. The molecule has 2 heterocycles. The van der Waals surface area contributed by atoms with Gasteiger partial charge >= 0.3 is 0 Å². The van der Waals surface area contributed by atoms with Crippen LogP contribution in [0.4, 0.5) is 5.69 Å². The number of fused-ring (bicyclic) bond motifs is 1. The van der Waals surface area contributed by atoms with Gasteiger partial charge in [-0.2, -0.15) is 5.10 Å². The molecule has 1 aromatic carbocycles. The van der Waals surface area contributed by atoms with Gasteiger partial charge in [-0.15, -0.1) is 0 Å². The minimum Gasteiger partial charge on any atom is -0.478 e. The largest absolute Gasteiger partial charge is 0.478 e. The molecule has 0 bridgehead atoms. The molecule has 32 heavy (non-hydrogen) atoms. The van der Waals surface area contributed by atoms with E-state index in [-0.39, 0.29) is 30.3 Å². The van der Waals surface area contributed by atoms with E-state index in [1.54, 1.807) is 18.2 Å². The Morgan fingerprint density at radius 2 is 1.91 bits per heavy atom. The fourth-order valence-electron chi connectivity index (χ4n) is 4.50. The van der Waals surface area contributed by atoms with Gasteiger partial charge in [0, 0.05) is 17.3 Å².